The van der Waals surface area contributed by atoms with Crippen molar-refractivity contribution in [1.82, 2.24) is 10.2 Å². The molecule has 8 atom stereocenters. The van der Waals surface area contributed by atoms with Gasteiger partial charge >= 0.3 is 12.1 Å². The number of fused-ring (bicyclic) bond motifs is 5. The summed E-state index contributed by atoms with van der Waals surface area (Å²) >= 11 is 6.73. The molecule has 4 bridgehead atoms. The normalized spacial score (nSPS) is 31.3. The summed E-state index contributed by atoms with van der Waals surface area (Å²) in [5, 5.41) is 24.6. The highest BCUT2D eigenvalue weighted by Crippen LogP contribution is 2.49. The van der Waals surface area contributed by atoms with Gasteiger partial charge in [0.15, 0.2) is 5.72 Å². The van der Waals surface area contributed by atoms with Crippen LogP contribution >= 0.6 is 33.2 Å². The molecule has 0 spiro atoms. The first-order valence-corrected chi connectivity index (χ1v) is 20.5. The smallest absolute Gasteiger partial charge is 0.409 e. The predicted octanol–water partition coefficient (Wildman–Crippen LogP) is 4.79. The predicted molar refractivity (Wildman–Crippen MR) is 206 cm³/mol. The van der Waals surface area contributed by atoms with E-state index in [9.17, 15) is 29.4 Å². The molecule has 2 fully saturated rings. The van der Waals surface area contributed by atoms with Crippen LogP contribution in [0.4, 0.5) is 10.5 Å². The summed E-state index contributed by atoms with van der Waals surface area (Å²) in [6.45, 7) is 8.65. The highest BCUT2D eigenvalue weighted by atomic mass is 35.5. The number of rotatable bonds is 10. The van der Waals surface area contributed by atoms with Gasteiger partial charge in [-0.15, -0.1) is 0 Å². The minimum absolute atomic E-state index is 0.0548. The number of aliphatic hydroxyl groups excluding tert-OH is 1. The summed E-state index contributed by atoms with van der Waals surface area (Å²) < 4.78 is 23.6. The van der Waals surface area contributed by atoms with E-state index >= 15 is 0 Å². The number of carbonyl (C=O) groups is 4. The Balaban J connectivity index is 1.72. The number of nitrogens with zero attached hydrogens (tertiary/aromatic N) is 2. The molecule has 3 N–H and O–H groups in total. The van der Waals surface area contributed by atoms with Crippen LogP contribution in [0.1, 0.15) is 65.0 Å². The first kappa shape index (κ1) is 42.9. The van der Waals surface area contributed by atoms with Gasteiger partial charge in [0.2, 0.25) is 11.8 Å². The van der Waals surface area contributed by atoms with Gasteiger partial charge in [-0.25, -0.2) is 9.59 Å². The molecule has 3 aliphatic heterocycles. The topological polar surface area (TPSA) is 167 Å². The van der Waals surface area contributed by atoms with Crippen molar-refractivity contribution in [2.75, 3.05) is 37.6 Å². The lowest BCUT2D eigenvalue weighted by Gasteiger charge is -2.42. The Morgan fingerprint density at radius 2 is 1.98 bits per heavy atom. The first-order chi connectivity index (χ1) is 25.0. The zero-order valence-corrected chi connectivity index (χ0v) is 33.9. The number of halogens is 1. The summed E-state index contributed by atoms with van der Waals surface area (Å²) in [4.78, 5) is 56.3. The maximum Gasteiger partial charge on any atom is 0.409 e. The molecule has 294 valence electrons. The van der Waals surface area contributed by atoms with Gasteiger partial charge in [-0.1, -0.05) is 76.9 Å². The Hall–Kier alpha value is -2.79. The number of nitrogens with one attached hydrogen (secondary N) is 1. The van der Waals surface area contributed by atoms with Gasteiger partial charge in [-0.2, -0.15) is 0 Å². The number of aliphatic hydroxyl groups is 2. The number of likely N-dealkylation sites (N-methyl/N-ethyl adjacent to an activating group) is 1. The summed E-state index contributed by atoms with van der Waals surface area (Å²) in [7, 11) is 7.76. The molecule has 0 aromatic heterocycles. The molecule has 0 aliphatic carbocycles. The Morgan fingerprint density at radius 1 is 1.26 bits per heavy atom. The van der Waals surface area contributed by atoms with Crippen LogP contribution in [-0.2, 0) is 46.4 Å². The van der Waals surface area contributed by atoms with Gasteiger partial charge in [0.1, 0.15) is 30.0 Å². The number of ether oxygens (including phenoxy) is 4. The molecular formula is C37H52ClN3O10S2. The summed E-state index contributed by atoms with van der Waals surface area (Å²) in [5.41, 5.74) is -0.575. The van der Waals surface area contributed by atoms with Gasteiger partial charge in [0.05, 0.1) is 29.8 Å². The van der Waals surface area contributed by atoms with Gasteiger partial charge < -0.3 is 39.0 Å². The van der Waals surface area contributed by atoms with E-state index in [1.165, 1.54) is 24.0 Å². The van der Waals surface area contributed by atoms with Gasteiger partial charge in [-0.05, 0) is 44.4 Å². The highest BCUT2D eigenvalue weighted by Gasteiger charge is 2.64. The largest absolute Gasteiger partial charge is 0.457 e. The van der Waals surface area contributed by atoms with Crippen LogP contribution in [0.15, 0.2) is 35.9 Å². The zero-order valence-electron chi connectivity index (χ0n) is 31.5. The number of benzene rings is 1. The number of anilines is 1. The zero-order chi connectivity index (χ0) is 39.2. The number of hydrogen-bond donors (Lipinski definition) is 3. The second kappa shape index (κ2) is 18.2. The second-order valence-corrected chi connectivity index (χ2v) is 17.2. The van der Waals surface area contributed by atoms with E-state index in [-0.39, 0.29) is 36.8 Å². The lowest BCUT2D eigenvalue weighted by atomic mass is 9.83. The van der Waals surface area contributed by atoms with Crippen molar-refractivity contribution in [3.8, 4) is 0 Å². The minimum atomic E-state index is -1.83. The number of methoxy groups -OCH3 is 1. The number of hydrogen-bond acceptors (Lipinski definition) is 12. The molecular weight excluding hydrogens is 746 g/mol. The van der Waals surface area contributed by atoms with Crippen molar-refractivity contribution >= 4 is 62.8 Å². The monoisotopic (exact) mass is 797 g/mol. The maximum absolute atomic E-state index is 14.1. The van der Waals surface area contributed by atoms with Crippen LogP contribution in [-0.4, -0.2) is 113 Å². The first-order valence-electron chi connectivity index (χ1n) is 17.6. The van der Waals surface area contributed by atoms with Crippen molar-refractivity contribution in [2.24, 2.45) is 5.92 Å². The SMILES string of the molecule is CCSSCCC(=O)N(C)C(C)C(=O)O[C@H]1CC(=O)N(C)c2cc(cc(CO)c2Cl)C/C(C)=C/C=C/[C@@H](OC)[C@@]2(O)CC(OC(=O)N2)[C@@H](C)C2OC21C. The number of carbonyl (C=O) groups excluding carboxylic acids is 4. The third-order valence-corrected chi connectivity index (χ3v) is 13.1. The Bertz CT molecular complexity index is 1600. The second-order valence-electron chi connectivity index (χ2n) is 14.0. The third kappa shape index (κ3) is 10.1. The summed E-state index contributed by atoms with van der Waals surface area (Å²) in [6.07, 6.45) is 1.07. The van der Waals surface area contributed by atoms with E-state index in [1.54, 1.807) is 73.7 Å². The van der Waals surface area contributed by atoms with Crippen molar-refractivity contribution in [3.05, 3.63) is 52.1 Å². The minimum Gasteiger partial charge on any atom is -0.457 e. The number of allylic oxidation sites excluding steroid dienone is 3. The molecule has 1 aromatic rings. The molecule has 1 aromatic carbocycles. The Morgan fingerprint density at radius 3 is 2.64 bits per heavy atom. The van der Waals surface area contributed by atoms with E-state index in [0.29, 0.717) is 23.4 Å². The van der Waals surface area contributed by atoms with Crippen LogP contribution in [0.3, 0.4) is 0 Å². The van der Waals surface area contributed by atoms with Gasteiger partial charge in [0, 0.05) is 51.5 Å². The van der Waals surface area contributed by atoms with Gasteiger partial charge in [-0.3, -0.25) is 14.9 Å². The fraction of sp³-hybridized carbons (Fsp3) is 0.622. The van der Waals surface area contributed by atoms with Crippen molar-refractivity contribution in [2.45, 2.75) is 109 Å². The highest BCUT2D eigenvalue weighted by molar-refractivity contribution is 8.76. The Kier molecular flexibility index (Phi) is 14.8. The molecule has 3 aliphatic rings. The quantitative estimate of drug-likeness (QED) is 0.128. The molecule has 2 saturated heterocycles. The van der Waals surface area contributed by atoms with E-state index < -0.39 is 65.7 Å². The molecule has 13 nitrogen and oxygen atoms in total. The third-order valence-electron chi connectivity index (χ3n) is 10.2. The molecule has 3 amide bonds. The number of epoxide rings is 1. The van der Waals surface area contributed by atoms with Crippen molar-refractivity contribution < 1.29 is 48.3 Å². The summed E-state index contributed by atoms with van der Waals surface area (Å²) in [6, 6.07) is 2.57. The molecule has 0 radical (unpaired) electrons. The lowest BCUT2D eigenvalue weighted by molar-refractivity contribution is -0.162. The average Bonchev–Trinajstić information content (AvgIpc) is 3.81. The molecule has 16 heteroatoms. The van der Waals surface area contributed by atoms with Crippen LogP contribution < -0.4 is 10.2 Å². The van der Waals surface area contributed by atoms with Crippen LogP contribution in [0.5, 0.6) is 0 Å². The number of amides is 3. The summed E-state index contributed by atoms with van der Waals surface area (Å²) in [5.74, 6) is -0.421. The number of esters is 1. The maximum atomic E-state index is 14.1. The van der Waals surface area contributed by atoms with E-state index in [1.807, 2.05) is 19.9 Å². The van der Waals surface area contributed by atoms with Crippen LogP contribution in [0, 0.1) is 5.92 Å². The lowest BCUT2D eigenvalue weighted by Crippen LogP contribution is -2.63. The Labute approximate surface area is 324 Å². The van der Waals surface area contributed by atoms with Gasteiger partial charge in [0.25, 0.3) is 0 Å². The van der Waals surface area contributed by atoms with E-state index in [4.69, 9.17) is 30.5 Å². The molecule has 4 unspecified atom stereocenters. The van der Waals surface area contributed by atoms with Crippen LogP contribution in [0.25, 0.3) is 0 Å². The van der Waals surface area contributed by atoms with E-state index in [2.05, 4.69) is 5.32 Å². The average molecular weight is 798 g/mol. The van der Waals surface area contributed by atoms with E-state index in [0.717, 1.165) is 16.9 Å². The fourth-order valence-corrected chi connectivity index (χ4v) is 8.67. The standard InChI is InChI=1S/C37H52ClN3O10S2/c1-9-52-53-14-13-30(43)40(6)23(4)34(45)50-29-18-31(44)41(7)26-17-24(16-25(20-42)32(26)38)15-21(2)11-10-12-28(48-8)37(47)19-27(49-35(46)39-37)22(3)33-36(29,5)51-33/h10-12,16-17,22-23,27-29,33,42,47H,9,13-15,18-20H2,1-8H3,(H,39,46)/b12-10+,21-11+/t22-,23?,27?,28-,29+,33?,36?,37+/m1/s1. The fourth-order valence-electron chi connectivity index (χ4n) is 6.73. The molecule has 0 saturated carbocycles. The molecule has 4 rings (SSSR count). The molecule has 3 heterocycles. The number of alkyl carbamates (subject to hydrolysis) is 1. The van der Waals surface area contributed by atoms with Crippen LogP contribution in [0.2, 0.25) is 5.02 Å². The van der Waals surface area contributed by atoms with Crippen molar-refractivity contribution in [1.29, 1.82) is 0 Å². The molecule has 53 heavy (non-hydrogen) atoms. The van der Waals surface area contributed by atoms with Crippen molar-refractivity contribution in [3.63, 3.8) is 0 Å².